The summed E-state index contributed by atoms with van der Waals surface area (Å²) in [5.41, 5.74) is 1.15. The van der Waals surface area contributed by atoms with E-state index in [-0.39, 0.29) is 17.0 Å². The highest BCUT2D eigenvalue weighted by molar-refractivity contribution is 7.89. The van der Waals surface area contributed by atoms with Crippen molar-refractivity contribution in [2.24, 2.45) is 0 Å². The number of aromatic nitrogens is 3. The zero-order valence-electron chi connectivity index (χ0n) is 17.0. The Morgan fingerprint density at radius 3 is 2.55 bits per heavy atom. The van der Waals surface area contributed by atoms with Gasteiger partial charge in [0.1, 0.15) is 0 Å². The second-order valence-corrected chi connectivity index (χ2v) is 8.95. The second kappa shape index (κ2) is 9.49. The van der Waals surface area contributed by atoms with Crippen LogP contribution in [-0.2, 0) is 21.4 Å². The lowest BCUT2D eigenvalue weighted by molar-refractivity contribution is -0.115. The van der Waals surface area contributed by atoms with Gasteiger partial charge in [-0.1, -0.05) is 6.07 Å². The van der Waals surface area contributed by atoms with E-state index in [1.807, 2.05) is 12.1 Å². The predicted octanol–water partition coefficient (Wildman–Crippen LogP) is 0.945. The van der Waals surface area contributed by atoms with Crippen LogP contribution in [0.15, 0.2) is 66.0 Å². The number of hydrogen-bond acceptors (Lipinski definition) is 6. The molecule has 3 aromatic rings. The van der Waals surface area contributed by atoms with Gasteiger partial charge in [0.2, 0.25) is 15.9 Å². The second-order valence-electron chi connectivity index (χ2n) is 6.80. The highest BCUT2D eigenvalue weighted by atomic mass is 32.2. The lowest BCUT2D eigenvalue weighted by atomic mass is 10.2. The SMILES string of the molecule is CN(C)S(=O)(=O)c1cccc(C(=O)NCC(=O)Nc2ccn(Cc3ccncc3)n2)c1. The molecule has 10 nitrogen and oxygen atoms in total. The molecule has 2 amide bonds. The van der Waals surface area contributed by atoms with Gasteiger partial charge in [-0.05, 0) is 35.9 Å². The van der Waals surface area contributed by atoms with Gasteiger partial charge in [-0.2, -0.15) is 5.10 Å². The molecule has 0 saturated carbocycles. The van der Waals surface area contributed by atoms with Gasteiger partial charge >= 0.3 is 0 Å². The summed E-state index contributed by atoms with van der Waals surface area (Å²) in [6.07, 6.45) is 5.11. The van der Waals surface area contributed by atoms with Crippen LogP contribution in [0.2, 0.25) is 0 Å². The number of rotatable bonds is 8. The third kappa shape index (κ3) is 5.74. The van der Waals surface area contributed by atoms with Crippen molar-refractivity contribution in [1.82, 2.24) is 24.4 Å². The molecule has 0 radical (unpaired) electrons. The molecule has 2 N–H and O–H groups in total. The van der Waals surface area contributed by atoms with E-state index in [0.717, 1.165) is 9.87 Å². The summed E-state index contributed by atoms with van der Waals surface area (Å²) in [4.78, 5) is 28.4. The summed E-state index contributed by atoms with van der Waals surface area (Å²) in [6, 6.07) is 11.0. The fourth-order valence-electron chi connectivity index (χ4n) is 2.65. The Labute approximate surface area is 180 Å². The highest BCUT2D eigenvalue weighted by Crippen LogP contribution is 2.15. The lowest BCUT2D eigenvalue weighted by Gasteiger charge is -2.12. The average molecular weight is 443 g/mol. The van der Waals surface area contributed by atoms with Gasteiger partial charge in [0.25, 0.3) is 5.91 Å². The highest BCUT2D eigenvalue weighted by Gasteiger charge is 2.19. The number of sulfonamides is 1. The molecule has 2 aromatic heterocycles. The topological polar surface area (TPSA) is 126 Å². The number of pyridine rings is 1. The van der Waals surface area contributed by atoms with Crippen molar-refractivity contribution in [3.63, 3.8) is 0 Å². The van der Waals surface area contributed by atoms with Crippen LogP contribution in [0.4, 0.5) is 5.82 Å². The molecule has 0 unspecified atom stereocenters. The standard InChI is InChI=1S/C20H22N6O4S/c1-25(2)31(29,30)17-5-3-4-16(12-17)20(28)22-13-19(27)23-18-8-11-26(24-18)14-15-6-9-21-10-7-15/h3-12H,13-14H2,1-2H3,(H,22,28)(H,23,24,27). The summed E-state index contributed by atoms with van der Waals surface area (Å²) in [6.45, 7) is 0.238. The average Bonchev–Trinajstić information content (AvgIpc) is 3.19. The van der Waals surface area contributed by atoms with E-state index in [9.17, 15) is 18.0 Å². The van der Waals surface area contributed by atoms with Crippen LogP contribution in [0.1, 0.15) is 15.9 Å². The van der Waals surface area contributed by atoms with Gasteiger partial charge < -0.3 is 10.6 Å². The number of nitrogens with zero attached hydrogens (tertiary/aromatic N) is 4. The van der Waals surface area contributed by atoms with Crippen molar-refractivity contribution in [3.05, 3.63) is 72.2 Å². The molecule has 2 heterocycles. The monoisotopic (exact) mass is 442 g/mol. The van der Waals surface area contributed by atoms with Gasteiger partial charge in [0, 0.05) is 44.3 Å². The van der Waals surface area contributed by atoms with E-state index in [4.69, 9.17) is 0 Å². The Hall–Kier alpha value is -3.57. The van der Waals surface area contributed by atoms with E-state index in [0.29, 0.717) is 12.4 Å². The van der Waals surface area contributed by atoms with Crippen molar-refractivity contribution in [2.75, 3.05) is 26.0 Å². The normalized spacial score (nSPS) is 11.3. The van der Waals surface area contributed by atoms with Crippen molar-refractivity contribution < 1.29 is 18.0 Å². The van der Waals surface area contributed by atoms with Crippen LogP contribution in [0.5, 0.6) is 0 Å². The predicted molar refractivity (Wildman–Crippen MR) is 114 cm³/mol. The van der Waals surface area contributed by atoms with Crippen molar-refractivity contribution in [2.45, 2.75) is 11.4 Å². The maximum atomic E-state index is 12.3. The maximum Gasteiger partial charge on any atom is 0.251 e. The van der Waals surface area contributed by atoms with E-state index in [1.54, 1.807) is 29.3 Å². The van der Waals surface area contributed by atoms with Crippen LogP contribution in [-0.4, -0.2) is 59.9 Å². The first-order chi connectivity index (χ1) is 14.8. The van der Waals surface area contributed by atoms with Gasteiger partial charge in [-0.25, -0.2) is 12.7 Å². The number of amides is 2. The van der Waals surface area contributed by atoms with Crippen LogP contribution in [0, 0.1) is 0 Å². The molecular weight excluding hydrogens is 420 g/mol. The van der Waals surface area contributed by atoms with Gasteiger partial charge in [-0.3, -0.25) is 19.3 Å². The summed E-state index contributed by atoms with van der Waals surface area (Å²) in [5.74, 6) is -0.666. The molecule has 0 fully saturated rings. The van der Waals surface area contributed by atoms with Gasteiger partial charge in [0.05, 0.1) is 18.0 Å². The molecule has 0 atom stereocenters. The zero-order chi connectivity index (χ0) is 22.4. The molecular formula is C20H22N6O4S. The molecule has 0 saturated heterocycles. The van der Waals surface area contributed by atoms with Crippen LogP contribution in [0.3, 0.4) is 0 Å². The van der Waals surface area contributed by atoms with Crippen LogP contribution < -0.4 is 10.6 Å². The van der Waals surface area contributed by atoms with E-state index in [1.165, 1.54) is 38.4 Å². The smallest absolute Gasteiger partial charge is 0.251 e. The number of nitrogens with one attached hydrogen (secondary N) is 2. The van der Waals surface area contributed by atoms with E-state index in [2.05, 4.69) is 20.7 Å². The first-order valence-electron chi connectivity index (χ1n) is 9.29. The minimum atomic E-state index is -3.67. The Bertz CT molecular complexity index is 1180. The van der Waals surface area contributed by atoms with E-state index >= 15 is 0 Å². The molecule has 11 heteroatoms. The molecule has 0 spiro atoms. The Morgan fingerprint density at radius 1 is 1.10 bits per heavy atom. The Morgan fingerprint density at radius 2 is 1.84 bits per heavy atom. The maximum absolute atomic E-state index is 12.3. The molecule has 0 aliphatic rings. The largest absolute Gasteiger partial charge is 0.343 e. The van der Waals surface area contributed by atoms with Gasteiger partial charge in [-0.15, -0.1) is 0 Å². The number of hydrogen-bond donors (Lipinski definition) is 2. The number of carbonyl (C=O) groups excluding carboxylic acids is 2. The Balaban J connectivity index is 1.55. The molecule has 1 aromatic carbocycles. The molecule has 31 heavy (non-hydrogen) atoms. The molecule has 3 rings (SSSR count). The quantitative estimate of drug-likeness (QED) is 0.535. The number of carbonyl (C=O) groups is 2. The first-order valence-corrected chi connectivity index (χ1v) is 10.7. The molecule has 162 valence electrons. The summed E-state index contributed by atoms with van der Waals surface area (Å²) < 4.78 is 27.2. The fraction of sp³-hybridized carbons (Fsp3) is 0.200. The van der Waals surface area contributed by atoms with Crippen LogP contribution >= 0.6 is 0 Å². The lowest BCUT2D eigenvalue weighted by Crippen LogP contribution is -2.33. The van der Waals surface area contributed by atoms with Crippen molar-refractivity contribution in [1.29, 1.82) is 0 Å². The number of anilines is 1. The third-order valence-corrected chi connectivity index (χ3v) is 6.10. The first kappa shape index (κ1) is 22.1. The van der Waals surface area contributed by atoms with Gasteiger partial charge in [0.15, 0.2) is 5.82 Å². The molecule has 0 bridgehead atoms. The van der Waals surface area contributed by atoms with Crippen LogP contribution in [0.25, 0.3) is 0 Å². The number of benzene rings is 1. The van der Waals surface area contributed by atoms with Crippen molar-refractivity contribution >= 4 is 27.7 Å². The fourth-order valence-corrected chi connectivity index (χ4v) is 3.60. The minimum Gasteiger partial charge on any atom is -0.343 e. The van der Waals surface area contributed by atoms with Crippen molar-refractivity contribution in [3.8, 4) is 0 Å². The third-order valence-electron chi connectivity index (χ3n) is 4.29. The zero-order valence-corrected chi connectivity index (χ0v) is 17.8. The minimum absolute atomic E-state index is 0.00524. The summed E-state index contributed by atoms with van der Waals surface area (Å²) in [7, 11) is -0.850. The Kier molecular flexibility index (Phi) is 6.78. The molecule has 0 aliphatic carbocycles. The summed E-state index contributed by atoms with van der Waals surface area (Å²) in [5, 5.41) is 9.34. The summed E-state index contributed by atoms with van der Waals surface area (Å²) >= 11 is 0. The van der Waals surface area contributed by atoms with E-state index < -0.39 is 21.8 Å². The molecule has 0 aliphatic heterocycles.